The van der Waals surface area contributed by atoms with Crippen molar-refractivity contribution in [2.24, 2.45) is 17.8 Å². The highest BCUT2D eigenvalue weighted by atomic mass is 16.6. The van der Waals surface area contributed by atoms with Gasteiger partial charge in [0.05, 0.1) is 19.1 Å². The highest BCUT2D eigenvalue weighted by Gasteiger charge is 2.53. The van der Waals surface area contributed by atoms with E-state index in [0.717, 1.165) is 0 Å². The average Bonchev–Trinajstić information content (AvgIpc) is 2.61. The number of esters is 1. The van der Waals surface area contributed by atoms with Crippen LogP contribution in [0.25, 0.3) is 0 Å². The standard InChI is InChI=1S/C10H16O4/c1-5-9(12)7(4-13-2)6-3-8(11)14-10(5)6/h5-7,9-10,12H,3-4H2,1-2H3/t5-,6-,7-,9+,10-/m1/s1. The van der Waals surface area contributed by atoms with Gasteiger partial charge in [0.15, 0.2) is 0 Å². The van der Waals surface area contributed by atoms with Crippen LogP contribution in [-0.2, 0) is 14.3 Å². The van der Waals surface area contributed by atoms with Gasteiger partial charge in [0.2, 0.25) is 0 Å². The first-order valence-corrected chi connectivity index (χ1v) is 5.01. The molecule has 0 aromatic heterocycles. The molecular formula is C10H16O4. The maximum Gasteiger partial charge on any atom is 0.306 e. The van der Waals surface area contributed by atoms with Gasteiger partial charge in [-0.2, -0.15) is 0 Å². The number of ether oxygens (including phenoxy) is 2. The Hall–Kier alpha value is -0.610. The van der Waals surface area contributed by atoms with Crippen LogP contribution in [0.15, 0.2) is 0 Å². The maximum absolute atomic E-state index is 11.1. The zero-order valence-electron chi connectivity index (χ0n) is 8.47. The number of hydrogen-bond acceptors (Lipinski definition) is 4. The lowest BCUT2D eigenvalue weighted by atomic mass is 9.93. The minimum absolute atomic E-state index is 0.0339. The van der Waals surface area contributed by atoms with Gasteiger partial charge in [-0.3, -0.25) is 4.79 Å². The van der Waals surface area contributed by atoms with E-state index in [1.165, 1.54) is 0 Å². The van der Waals surface area contributed by atoms with Crippen LogP contribution in [0.2, 0.25) is 0 Å². The Bertz CT molecular complexity index is 240. The molecule has 1 N–H and O–H groups in total. The fourth-order valence-corrected chi connectivity index (χ4v) is 2.74. The van der Waals surface area contributed by atoms with E-state index < -0.39 is 6.10 Å². The fourth-order valence-electron chi connectivity index (χ4n) is 2.74. The molecule has 1 heterocycles. The third kappa shape index (κ3) is 1.33. The molecule has 80 valence electrons. The first-order valence-electron chi connectivity index (χ1n) is 5.01. The van der Waals surface area contributed by atoms with Crippen molar-refractivity contribution in [2.75, 3.05) is 13.7 Å². The first-order chi connectivity index (χ1) is 6.65. The number of methoxy groups -OCH3 is 1. The molecule has 14 heavy (non-hydrogen) atoms. The zero-order valence-corrected chi connectivity index (χ0v) is 8.47. The molecule has 0 radical (unpaired) electrons. The van der Waals surface area contributed by atoms with Crippen molar-refractivity contribution in [3.63, 3.8) is 0 Å². The van der Waals surface area contributed by atoms with Crippen LogP contribution in [0.3, 0.4) is 0 Å². The molecule has 0 amide bonds. The Morgan fingerprint density at radius 3 is 3.00 bits per heavy atom. The molecule has 1 saturated heterocycles. The normalized spacial score (nSPS) is 46.5. The van der Waals surface area contributed by atoms with Crippen LogP contribution in [0.4, 0.5) is 0 Å². The molecule has 1 aliphatic carbocycles. The third-order valence-corrected chi connectivity index (χ3v) is 3.50. The van der Waals surface area contributed by atoms with E-state index in [1.807, 2.05) is 6.92 Å². The van der Waals surface area contributed by atoms with Crippen LogP contribution in [-0.4, -0.2) is 37.0 Å². The topological polar surface area (TPSA) is 55.8 Å². The molecule has 0 aromatic carbocycles. The van der Waals surface area contributed by atoms with E-state index >= 15 is 0 Å². The molecule has 2 aliphatic rings. The Balaban J connectivity index is 2.14. The summed E-state index contributed by atoms with van der Waals surface area (Å²) in [7, 11) is 1.61. The largest absolute Gasteiger partial charge is 0.462 e. The predicted molar refractivity (Wildman–Crippen MR) is 48.5 cm³/mol. The van der Waals surface area contributed by atoms with Crippen LogP contribution in [0, 0.1) is 17.8 Å². The van der Waals surface area contributed by atoms with Crippen LogP contribution in [0.5, 0.6) is 0 Å². The summed E-state index contributed by atoms with van der Waals surface area (Å²) in [5.41, 5.74) is 0. The number of aliphatic hydroxyl groups is 1. The number of fused-ring (bicyclic) bond motifs is 1. The smallest absolute Gasteiger partial charge is 0.306 e. The summed E-state index contributed by atoms with van der Waals surface area (Å²) < 4.78 is 10.3. The van der Waals surface area contributed by atoms with Gasteiger partial charge in [-0.1, -0.05) is 6.92 Å². The van der Waals surface area contributed by atoms with E-state index in [4.69, 9.17) is 9.47 Å². The second kappa shape index (κ2) is 3.51. The Kier molecular flexibility index (Phi) is 2.49. The third-order valence-electron chi connectivity index (χ3n) is 3.50. The lowest BCUT2D eigenvalue weighted by molar-refractivity contribution is -0.143. The molecule has 5 atom stereocenters. The van der Waals surface area contributed by atoms with E-state index in [1.54, 1.807) is 7.11 Å². The van der Waals surface area contributed by atoms with Crippen molar-refractivity contribution >= 4 is 5.97 Å². The molecule has 0 bridgehead atoms. The Morgan fingerprint density at radius 1 is 1.64 bits per heavy atom. The number of aliphatic hydroxyl groups excluding tert-OH is 1. The van der Waals surface area contributed by atoms with Gasteiger partial charge in [-0.15, -0.1) is 0 Å². The fraction of sp³-hybridized carbons (Fsp3) is 0.900. The van der Waals surface area contributed by atoms with Crippen molar-refractivity contribution in [1.29, 1.82) is 0 Å². The number of rotatable bonds is 2. The highest BCUT2D eigenvalue weighted by molar-refractivity contribution is 5.72. The summed E-state index contributed by atoms with van der Waals surface area (Å²) in [4.78, 5) is 11.1. The van der Waals surface area contributed by atoms with E-state index in [0.29, 0.717) is 13.0 Å². The lowest BCUT2D eigenvalue weighted by Crippen LogP contribution is -2.27. The highest BCUT2D eigenvalue weighted by Crippen LogP contribution is 2.44. The van der Waals surface area contributed by atoms with Crippen molar-refractivity contribution in [3.8, 4) is 0 Å². The summed E-state index contributed by atoms with van der Waals surface area (Å²) in [5, 5.41) is 9.91. The Labute approximate surface area is 83.2 Å². The number of carbonyl (C=O) groups excluding carboxylic acids is 1. The monoisotopic (exact) mass is 200 g/mol. The van der Waals surface area contributed by atoms with Crippen LogP contribution in [0.1, 0.15) is 13.3 Å². The summed E-state index contributed by atoms with van der Waals surface area (Å²) in [5.74, 6) is 0.0883. The van der Waals surface area contributed by atoms with Gasteiger partial charge in [0.1, 0.15) is 6.10 Å². The molecular weight excluding hydrogens is 184 g/mol. The number of hydrogen-bond donors (Lipinski definition) is 1. The van der Waals surface area contributed by atoms with Crippen LogP contribution < -0.4 is 0 Å². The molecule has 1 aliphatic heterocycles. The first kappa shape index (κ1) is 9.93. The van der Waals surface area contributed by atoms with Crippen molar-refractivity contribution < 1.29 is 19.4 Å². The molecule has 4 nitrogen and oxygen atoms in total. The second-order valence-electron chi connectivity index (χ2n) is 4.29. The summed E-state index contributed by atoms with van der Waals surface area (Å²) in [6, 6.07) is 0. The summed E-state index contributed by atoms with van der Waals surface area (Å²) in [6.07, 6.45) is -0.0733. The average molecular weight is 200 g/mol. The quantitative estimate of drug-likeness (QED) is 0.646. The van der Waals surface area contributed by atoms with Gasteiger partial charge in [0.25, 0.3) is 0 Å². The van der Waals surface area contributed by atoms with E-state index in [2.05, 4.69) is 0 Å². The SMILES string of the molecule is COC[C@H]1[C@@H](O)[C@@H](C)[C@H]2OC(=O)C[C@H]12. The van der Waals surface area contributed by atoms with Crippen molar-refractivity contribution in [1.82, 2.24) is 0 Å². The molecule has 0 unspecified atom stereocenters. The van der Waals surface area contributed by atoms with Crippen molar-refractivity contribution in [3.05, 3.63) is 0 Å². The van der Waals surface area contributed by atoms with Gasteiger partial charge < -0.3 is 14.6 Å². The summed E-state index contributed by atoms with van der Waals surface area (Å²) >= 11 is 0. The van der Waals surface area contributed by atoms with Gasteiger partial charge in [-0.05, 0) is 0 Å². The number of carbonyl (C=O) groups is 1. The molecule has 4 heteroatoms. The molecule has 1 saturated carbocycles. The van der Waals surface area contributed by atoms with Crippen LogP contribution >= 0.6 is 0 Å². The van der Waals surface area contributed by atoms with E-state index in [9.17, 15) is 9.90 Å². The second-order valence-corrected chi connectivity index (χ2v) is 4.29. The predicted octanol–water partition coefficient (Wildman–Crippen LogP) is 0.191. The van der Waals surface area contributed by atoms with Crippen molar-refractivity contribution in [2.45, 2.75) is 25.6 Å². The zero-order chi connectivity index (χ0) is 10.3. The maximum atomic E-state index is 11.1. The molecule has 2 fully saturated rings. The van der Waals surface area contributed by atoms with E-state index in [-0.39, 0.29) is 29.8 Å². The van der Waals surface area contributed by atoms with Gasteiger partial charge in [0, 0.05) is 24.9 Å². The Morgan fingerprint density at radius 2 is 2.36 bits per heavy atom. The lowest BCUT2D eigenvalue weighted by Gasteiger charge is -2.18. The summed E-state index contributed by atoms with van der Waals surface area (Å²) in [6.45, 7) is 2.43. The molecule has 0 aromatic rings. The minimum atomic E-state index is -0.405. The van der Waals surface area contributed by atoms with Gasteiger partial charge >= 0.3 is 5.97 Å². The van der Waals surface area contributed by atoms with Gasteiger partial charge in [-0.25, -0.2) is 0 Å². The molecule has 2 rings (SSSR count). The minimum Gasteiger partial charge on any atom is -0.462 e. The molecule has 0 spiro atoms.